The van der Waals surface area contributed by atoms with Crippen molar-refractivity contribution in [2.24, 2.45) is 0 Å². The Kier molecular flexibility index (Phi) is 10.2. The zero-order valence-electron chi connectivity index (χ0n) is 22.5. The molecule has 2 aliphatic rings. The highest BCUT2D eigenvalue weighted by Crippen LogP contribution is 2.42. The van der Waals surface area contributed by atoms with Gasteiger partial charge in [-0.2, -0.15) is 0 Å². The fourth-order valence-electron chi connectivity index (χ4n) is 4.91. The van der Waals surface area contributed by atoms with Gasteiger partial charge in [0.05, 0.1) is 24.8 Å². The minimum absolute atomic E-state index is 0. The van der Waals surface area contributed by atoms with Crippen molar-refractivity contribution >= 4 is 11.0 Å². The topological polar surface area (TPSA) is 271 Å². The van der Waals surface area contributed by atoms with E-state index in [0.29, 0.717) is 0 Å². The van der Waals surface area contributed by atoms with Crippen LogP contribution in [0.2, 0.25) is 0 Å². The van der Waals surface area contributed by atoms with Gasteiger partial charge < -0.3 is 87.5 Å². The molecular weight excluding hydrogens is 616 g/mol. The number of ether oxygens (including phenoxy) is 4. The van der Waals surface area contributed by atoms with E-state index < -0.39 is 91.9 Å². The van der Waals surface area contributed by atoms with Gasteiger partial charge in [0.25, 0.3) is 0 Å². The lowest BCUT2D eigenvalue weighted by molar-refractivity contribution is -0.352. The van der Waals surface area contributed by atoms with E-state index in [-0.39, 0.29) is 46.2 Å². The van der Waals surface area contributed by atoms with Crippen LogP contribution in [0.4, 0.5) is 0 Å². The summed E-state index contributed by atoms with van der Waals surface area (Å²) in [5.41, 5.74) is 0.109. The van der Waals surface area contributed by atoms with Gasteiger partial charge in [0.1, 0.15) is 65.7 Å². The van der Waals surface area contributed by atoms with Gasteiger partial charge in [0.2, 0.25) is 12.0 Å². The van der Waals surface area contributed by atoms with E-state index >= 15 is 0 Å². The summed E-state index contributed by atoms with van der Waals surface area (Å²) in [5, 5.41) is 112. The van der Waals surface area contributed by atoms with Gasteiger partial charge in [-0.25, -0.2) is 4.42 Å². The number of aliphatic hydroxyl groups is 7. The number of halogens is 1. The van der Waals surface area contributed by atoms with E-state index in [1.807, 2.05) is 0 Å². The molecule has 2 aromatic carbocycles. The Balaban J connectivity index is 0.00000442. The van der Waals surface area contributed by atoms with Gasteiger partial charge in [0.15, 0.2) is 17.8 Å². The Morgan fingerprint density at radius 1 is 0.682 bits per heavy atom. The van der Waals surface area contributed by atoms with Crippen molar-refractivity contribution in [1.29, 1.82) is 0 Å². The van der Waals surface area contributed by atoms with E-state index in [4.69, 9.17) is 23.4 Å². The molecule has 44 heavy (non-hydrogen) atoms. The first-order chi connectivity index (χ1) is 20.4. The minimum atomic E-state index is -1.89. The van der Waals surface area contributed by atoms with Crippen LogP contribution < -0.4 is 17.1 Å². The van der Waals surface area contributed by atoms with Crippen LogP contribution in [0.15, 0.2) is 40.8 Å². The van der Waals surface area contributed by atoms with E-state index in [9.17, 15) is 56.2 Å². The summed E-state index contributed by atoms with van der Waals surface area (Å²) in [7, 11) is 0. The number of phenols is 4. The van der Waals surface area contributed by atoms with Crippen LogP contribution in [0.3, 0.4) is 0 Å². The molecule has 3 aromatic rings. The lowest BCUT2D eigenvalue weighted by Crippen LogP contribution is -3.00. The third kappa shape index (κ3) is 6.28. The third-order valence-corrected chi connectivity index (χ3v) is 7.26. The van der Waals surface area contributed by atoms with Gasteiger partial charge in [-0.3, -0.25) is 0 Å². The summed E-state index contributed by atoms with van der Waals surface area (Å²) in [5.74, 6) is -2.07. The summed E-state index contributed by atoms with van der Waals surface area (Å²) in [6.07, 6.45) is -17.0. The van der Waals surface area contributed by atoms with Gasteiger partial charge in [-0.05, 0) is 12.1 Å². The Hall–Kier alpha value is -3.26. The first kappa shape index (κ1) is 33.6. The second-order valence-corrected chi connectivity index (χ2v) is 10.1. The van der Waals surface area contributed by atoms with Crippen LogP contribution in [0.5, 0.6) is 28.7 Å². The fraction of sp³-hybridized carbons (Fsp3) is 0.444. The standard InChI is InChI=1S/C27H30O16.ClH/c28-7-17-19(34)21(36)22(37)26(41-17)43-25-20(35)18(8-29)42-27(23(25)38)40-16-6-11-13(32)4-10(30)5-15(11)39-24(16)9-1-2-12(31)14(33)3-9;/h1-6,17-23,25-29,34-38H,7-8H2,(H3-,30,31,32,33);1H/t17-,18-,19-,20-,21+,22-,23-,25+,26+,27-;/m1./s1. The average Bonchev–Trinajstić information content (AvgIpc) is 2.97. The minimum Gasteiger partial charge on any atom is -1.00 e. The summed E-state index contributed by atoms with van der Waals surface area (Å²) >= 11 is 0. The predicted octanol–water partition coefficient (Wildman–Crippen LogP) is -4.79. The first-order valence-corrected chi connectivity index (χ1v) is 13.0. The van der Waals surface area contributed by atoms with Crippen molar-refractivity contribution in [2.45, 2.75) is 61.4 Å². The molecule has 16 nitrogen and oxygen atoms in total. The average molecular weight is 647 g/mol. The van der Waals surface area contributed by atoms with Gasteiger partial charge >= 0.3 is 11.3 Å². The fourth-order valence-corrected chi connectivity index (χ4v) is 4.91. The largest absolute Gasteiger partial charge is 1.00 e. The van der Waals surface area contributed by atoms with Gasteiger partial charge in [0, 0.05) is 18.2 Å². The molecule has 11 N–H and O–H groups in total. The van der Waals surface area contributed by atoms with Crippen molar-refractivity contribution < 1.29 is 91.9 Å². The number of benzene rings is 2. The Labute approximate surface area is 254 Å². The SMILES string of the molecule is OC[C@H]1O[C@@H](O[C@@H]2[C@@H](O)[C@H](Oc3cc4c(O)cc(O)cc4[o+]c3-c3ccc(O)c(O)c3)O[C@H](CO)[C@H]2O)[C@H](O)[C@@H](O)[C@@H]1O.[Cl-]. The first-order valence-electron chi connectivity index (χ1n) is 13.0. The maximum Gasteiger partial charge on any atom is 0.402 e. The molecule has 3 heterocycles. The van der Waals surface area contributed by atoms with Crippen molar-refractivity contribution in [1.82, 2.24) is 0 Å². The Morgan fingerprint density at radius 3 is 2.00 bits per heavy atom. The number of hydrogen-bond acceptors (Lipinski definition) is 15. The Bertz CT molecular complexity index is 1460. The highest BCUT2D eigenvalue weighted by molar-refractivity contribution is 5.88. The smallest absolute Gasteiger partial charge is 0.402 e. The lowest BCUT2D eigenvalue weighted by Gasteiger charge is -2.45. The van der Waals surface area contributed by atoms with Crippen LogP contribution in [-0.4, -0.2) is 131 Å². The molecule has 242 valence electrons. The quantitative estimate of drug-likeness (QED) is 0.0849. The molecule has 2 aliphatic heterocycles. The number of rotatable bonds is 7. The molecule has 2 fully saturated rings. The molecule has 0 amide bonds. The van der Waals surface area contributed by atoms with Crippen molar-refractivity contribution in [3.8, 4) is 40.1 Å². The molecule has 2 saturated heterocycles. The van der Waals surface area contributed by atoms with Crippen molar-refractivity contribution in [3.63, 3.8) is 0 Å². The summed E-state index contributed by atoms with van der Waals surface area (Å²) in [6, 6.07) is 7.11. The molecule has 0 bridgehead atoms. The maximum absolute atomic E-state index is 11.2. The molecule has 1 aromatic heterocycles. The zero-order chi connectivity index (χ0) is 31.2. The summed E-state index contributed by atoms with van der Waals surface area (Å²) in [4.78, 5) is 0. The molecule has 0 saturated carbocycles. The number of fused-ring (bicyclic) bond motifs is 1. The number of hydrogen-bond donors (Lipinski definition) is 11. The predicted molar refractivity (Wildman–Crippen MR) is 140 cm³/mol. The normalized spacial score (nSPS) is 32.2. The summed E-state index contributed by atoms with van der Waals surface area (Å²) in [6.45, 7) is -1.57. The van der Waals surface area contributed by atoms with E-state index in [1.54, 1.807) is 0 Å². The van der Waals surface area contributed by atoms with E-state index in [2.05, 4.69) is 0 Å². The highest BCUT2D eigenvalue weighted by Gasteiger charge is 2.51. The molecule has 0 unspecified atom stereocenters. The highest BCUT2D eigenvalue weighted by atomic mass is 35.5. The summed E-state index contributed by atoms with van der Waals surface area (Å²) < 4.78 is 28.2. The lowest BCUT2D eigenvalue weighted by atomic mass is 9.97. The molecular formula is C27H31ClO16. The van der Waals surface area contributed by atoms with Crippen molar-refractivity contribution in [3.05, 3.63) is 36.4 Å². The van der Waals surface area contributed by atoms with Crippen LogP contribution in [0.25, 0.3) is 22.3 Å². The molecule has 0 spiro atoms. The number of aromatic hydroxyl groups is 4. The molecule has 0 aliphatic carbocycles. The van der Waals surface area contributed by atoms with Crippen LogP contribution in [0, 0.1) is 0 Å². The van der Waals surface area contributed by atoms with Crippen LogP contribution in [0.1, 0.15) is 0 Å². The molecule has 10 atom stereocenters. The third-order valence-electron chi connectivity index (χ3n) is 7.26. The second kappa shape index (κ2) is 13.4. The monoisotopic (exact) mass is 646 g/mol. The van der Waals surface area contributed by atoms with Crippen molar-refractivity contribution in [2.75, 3.05) is 13.2 Å². The Morgan fingerprint density at radius 2 is 1.34 bits per heavy atom. The van der Waals surface area contributed by atoms with Crippen LogP contribution in [-0.2, 0) is 14.2 Å². The number of aliphatic hydroxyl groups excluding tert-OH is 7. The van der Waals surface area contributed by atoms with E-state index in [1.165, 1.54) is 18.2 Å². The molecule has 0 radical (unpaired) electrons. The van der Waals surface area contributed by atoms with Gasteiger partial charge in [-0.15, -0.1) is 0 Å². The van der Waals surface area contributed by atoms with Crippen LogP contribution >= 0.6 is 0 Å². The molecule has 17 heteroatoms. The van der Waals surface area contributed by atoms with Gasteiger partial charge in [-0.1, -0.05) is 0 Å². The van der Waals surface area contributed by atoms with E-state index in [0.717, 1.165) is 18.2 Å². The maximum atomic E-state index is 11.2. The molecule has 5 rings (SSSR count). The number of phenolic OH excluding ortho intramolecular Hbond substituents is 4. The second-order valence-electron chi connectivity index (χ2n) is 10.1. The zero-order valence-corrected chi connectivity index (χ0v) is 23.2.